The smallest absolute Gasteiger partial charge is 0.326 e. The third kappa shape index (κ3) is 3.64. The molecule has 0 saturated carbocycles. The molecule has 0 unspecified atom stereocenters. The Kier molecular flexibility index (Phi) is 5.02. The number of carbonyl (C=O) groups is 1. The van der Waals surface area contributed by atoms with Crippen molar-refractivity contribution in [2.24, 2.45) is 5.92 Å². The number of benzene rings is 1. The summed E-state index contributed by atoms with van der Waals surface area (Å²) in [6.07, 6.45) is 4.41. The zero-order valence-electron chi connectivity index (χ0n) is 14.9. The molecular formula is C20H19ClN2O3S. The predicted octanol–water partition coefficient (Wildman–Crippen LogP) is 3.98. The second kappa shape index (κ2) is 7.44. The molecule has 140 valence electrons. The fourth-order valence-electron chi connectivity index (χ4n) is 3.44. The number of aromatic nitrogens is 2. The number of rotatable bonds is 4. The Morgan fingerprint density at radius 3 is 3.04 bits per heavy atom. The zero-order valence-corrected chi connectivity index (χ0v) is 16.5. The van der Waals surface area contributed by atoms with Crippen molar-refractivity contribution in [3.8, 4) is 0 Å². The van der Waals surface area contributed by atoms with Crippen LogP contribution in [0.4, 0.5) is 0 Å². The van der Waals surface area contributed by atoms with Crippen LogP contribution >= 0.6 is 22.9 Å². The van der Waals surface area contributed by atoms with Gasteiger partial charge in [0.05, 0.1) is 11.7 Å². The molecule has 1 aromatic carbocycles. The van der Waals surface area contributed by atoms with Crippen molar-refractivity contribution in [2.75, 3.05) is 0 Å². The number of ether oxygens (including phenoxy) is 1. The Morgan fingerprint density at radius 1 is 1.41 bits per heavy atom. The molecule has 0 bridgehead atoms. The van der Waals surface area contributed by atoms with Crippen LogP contribution in [0.2, 0.25) is 5.02 Å². The van der Waals surface area contributed by atoms with E-state index in [1.165, 1.54) is 15.8 Å². The number of esters is 1. The molecule has 0 radical (unpaired) electrons. The summed E-state index contributed by atoms with van der Waals surface area (Å²) in [6, 6.07) is 7.19. The number of hydrogen-bond donors (Lipinski definition) is 0. The summed E-state index contributed by atoms with van der Waals surface area (Å²) < 4.78 is 6.62. The maximum Gasteiger partial charge on any atom is 0.326 e. The van der Waals surface area contributed by atoms with E-state index in [0.717, 1.165) is 35.2 Å². The number of hydrogen-bond acceptors (Lipinski definition) is 5. The van der Waals surface area contributed by atoms with E-state index in [9.17, 15) is 9.59 Å². The SMILES string of the molecule is C[C@H]1CCc2c(sc3ncn(CC(=O)OCc4ccccc4Cl)c(=O)c23)C1. The van der Waals surface area contributed by atoms with Gasteiger partial charge >= 0.3 is 5.97 Å². The number of halogens is 1. The van der Waals surface area contributed by atoms with Crippen molar-refractivity contribution in [3.05, 3.63) is 62.0 Å². The van der Waals surface area contributed by atoms with Gasteiger partial charge in [0.15, 0.2) is 0 Å². The van der Waals surface area contributed by atoms with Crippen molar-refractivity contribution >= 4 is 39.1 Å². The maximum atomic E-state index is 12.9. The third-order valence-electron chi connectivity index (χ3n) is 4.93. The normalized spacial score (nSPS) is 16.3. The second-order valence-corrected chi connectivity index (χ2v) is 8.45. The van der Waals surface area contributed by atoms with Gasteiger partial charge in [0.2, 0.25) is 0 Å². The van der Waals surface area contributed by atoms with E-state index in [2.05, 4.69) is 11.9 Å². The van der Waals surface area contributed by atoms with E-state index in [0.29, 0.717) is 16.3 Å². The largest absolute Gasteiger partial charge is 0.459 e. The average molecular weight is 403 g/mol. The Labute approximate surface area is 165 Å². The minimum absolute atomic E-state index is 0.0780. The van der Waals surface area contributed by atoms with Crippen LogP contribution in [-0.4, -0.2) is 15.5 Å². The third-order valence-corrected chi connectivity index (χ3v) is 6.46. The Morgan fingerprint density at radius 2 is 2.22 bits per heavy atom. The van der Waals surface area contributed by atoms with Gasteiger partial charge < -0.3 is 4.74 Å². The summed E-state index contributed by atoms with van der Waals surface area (Å²) in [4.78, 5) is 31.5. The average Bonchev–Trinajstić information content (AvgIpc) is 3.01. The van der Waals surface area contributed by atoms with Crippen molar-refractivity contribution in [1.29, 1.82) is 0 Å². The second-order valence-electron chi connectivity index (χ2n) is 6.96. The van der Waals surface area contributed by atoms with E-state index in [-0.39, 0.29) is 18.7 Å². The fourth-order valence-corrected chi connectivity index (χ4v) is 4.97. The topological polar surface area (TPSA) is 61.2 Å². The van der Waals surface area contributed by atoms with E-state index in [1.54, 1.807) is 23.5 Å². The molecule has 2 aromatic heterocycles. The van der Waals surface area contributed by atoms with Gasteiger partial charge in [-0.25, -0.2) is 4.98 Å². The van der Waals surface area contributed by atoms with Crippen molar-refractivity contribution < 1.29 is 9.53 Å². The van der Waals surface area contributed by atoms with Crippen molar-refractivity contribution in [3.63, 3.8) is 0 Å². The van der Waals surface area contributed by atoms with Gasteiger partial charge in [0, 0.05) is 15.5 Å². The summed E-state index contributed by atoms with van der Waals surface area (Å²) in [7, 11) is 0. The lowest BCUT2D eigenvalue weighted by Gasteiger charge is -2.17. The summed E-state index contributed by atoms with van der Waals surface area (Å²) in [5.74, 6) is 0.142. The molecule has 2 heterocycles. The molecule has 0 spiro atoms. The summed E-state index contributed by atoms with van der Waals surface area (Å²) in [6.45, 7) is 2.15. The molecule has 3 aromatic rings. The van der Waals surface area contributed by atoms with E-state index in [4.69, 9.17) is 16.3 Å². The number of carbonyl (C=O) groups excluding carboxylic acids is 1. The first kappa shape index (κ1) is 18.2. The zero-order chi connectivity index (χ0) is 19.0. The molecule has 0 aliphatic heterocycles. The Hall–Kier alpha value is -2.18. The lowest BCUT2D eigenvalue weighted by atomic mass is 9.89. The first-order valence-corrected chi connectivity index (χ1v) is 10.1. The molecule has 1 aliphatic carbocycles. The minimum Gasteiger partial charge on any atom is -0.459 e. The first-order chi connectivity index (χ1) is 13.0. The van der Waals surface area contributed by atoms with E-state index < -0.39 is 5.97 Å². The number of thiophene rings is 1. The van der Waals surface area contributed by atoms with Crippen molar-refractivity contribution in [1.82, 2.24) is 9.55 Å². The molecular weight excluding hydrogens is 384 g/mol. The summed E-state index contributed by atoms with van der Waals surface area (Å²) in [5, 5.41) is 1.22. The highest BCUT2D eigenvalue weighted by Crippen LogP contribution is 2.35. The first-order valence-electron chi connectivity index (χ1n) is 8.91. The quantitative estimate of drug-likeness (QED) is 0.619. The lowest BCUT2D eigenvalue weighted by Crippen LogP contribution is -2.26. The number of aryl methyl sites for hydroxylation is 1. The van der Waals surface area contributed by atoms with Crippen LogP contribution in [0.3, 0.4) is 0 Å². The van der Waals surface area contributed by atoms with Crippen LogP contribution < -0.4 is 5.56 Å². The highest BCUT2D eigenvalue weighted by atomic mass is 35.5. The van der Waals surface area contributed by atoms with Crippen LogP contribution in [0, 0.1) is 5.92 Å². The van der Waals surface area contributed by atoms with Gasteiger partial charge in [-0.1, -0.05) is 36.7 Å². The molecule has 0 fully saturated rings. The highest BCUT2D eigenvalue weighted by molar-refractivity contribution is 7.18. The van der Waals surface area contributed by atoms with Crippen LogP contribution in [0.5, 0.6) is 0 Å². The minimum atomic E-state index is -0.490. The van der Waals surface area contributed by atoms with Gasteiger partial charge in [-0.2, -0.15) is 0 Å². The van der Waals surface area contributed by atoms with Crippen LogP contribution in [0.25, 0.3) is 10.2 Å². The molecule has 7 heteroatoms. The van der Waals surface area contributed by atoms with Crippen molar-refractivity contribution in [2.45, 2.75) is 39.3 Å². The van der Waals surface area contributed by atoms with E-state index >= 15 is 0 Å². The van der Waals surface area contributed by atoms with Gasteiger partial charge in [0.1, 0.15) is 18.0 Å². The number of nitrogens with zero attached hydrogens (tertiary/aromatic N) is 2. The van der Waals surface area contributed by atoms with Crippen LogP contribution in [0.15, 0.2) is 35.4 Å². The van der Waals surface area contributed by atoms with Gasteiger partial charge in [-0.05, 0) is 36.8 Å². The standard InChI is InChI=1S/C20H19ClN2O3S/c1-12-6-7-14-16(8-12)27-19-18(14)20(25)23(11-22-19)9-17(24)26-10-13-4-2-3-5-15(13)21/h2-5,11-12H,6-10H2,1H3/t12-/m0/s1. The molecule has 1 aliphatic rings. The highest BCUT2D eigenvalue weighted by Gasteiger charge is 2.23. The van der Waals surface area contributed by atoms with Gasteiger partial charge in [-0.15, -0.1) is 11.3 Å². The molecule has 0 N–H and O–H groups in total. The Balaban J connectivity index is 1.54. The summed E-state index contributed by atoms with van der Waals surface area (Å²) in [5.41, 5.74) is 1.68. The molecule has 5 nitrogen and oxygen atoms in total. The van der Waals surface area contributed by atoms with Gasteiger partial charge in [-0.3, -0.25) is 14.2 Å². The maximum absolute atomic E-state index is 12.9. The molecule has 0 amide bonds. The molecule has 27 heavy (non-hydrogen) atoms. The molecule has 0 saturated heterocycles. The predicted molar refractivity (Wildman–Crippen MR) is 106 cm³/mol. The lowest BCUT2D eigenvalue weighted by molar-refractivity contribution is -0.145. The Bertz CT molecular complexity index is 1070. The van der Waals surface area contributed by atoms with Crippen LogP contribution in [0.1, 0.15) is 29.3 Å². The van der Waals surface area contributed by atoms with Crippen LogP contribution in [-0.2, 0) is 35.5 Å². The fraction of sp³-hybridized carbons (Fsp3) is 0.350. The monoisotopic (exact) mass is 402 g/mol. The summed E-state index contributed by atoms with van der Waals surface area (Å²) >= 11 is 7.67. The molecule has 4 rings (SSSR count). The number of fused-ring (bicyclic) bond motifs is 3. The molecule has 1 atom stereocenters. The van der Waals surface area contributed by atoms with E-state index in [1.807, 2.05) is 12.1 Å². The van der Waals surface area contributed by atoms with Gasteiger partial charge in [0.25, 0.3) is 5.56 Å².